The van der Waals surface area contributed by atoms with Crippen LogP contribution in [0, 0.1) is 11.8 Å². The fourth-order valence-corrected chi connectivity index (χ4v) is 6.12. The van der Waals surface area contributed by atoms with E-state index < -0.39 is 47.2 Å². The van der Waals surface area contributed by atoms with E-state index in [0.717, 1.165) is 21.4 Å². The van der Waals surface area contributed by atoms with Crippen molar-refractivity contribution in [3.05, 3.63) is 102 Å². The SMILES string of the molecule is COC(=O)c1ccc(C2NC(Cc3c[nH]c4ccccc34)(C(=O)O)C3C(=O)N(Cc4ccccn4)C(=O)C23)cc1. The summed E-state index contributed by atoms with van der Waals surface area (Å²) in [4.78, 5) is 61.6. The van der Waals surface area contributed by atoms with E-state index in [9.17, 15) is 24.3 Å². The second kappa shape index (κ2) is 9.73. The minimum atomic E-state index is -1.77. The van der Waals surface area contributed by atoms with Crippen molar-refractivity contribution in [2.75, 3.05) is 7.11 Å². The van der Waals surface area contributed by atoms with E-state index >= 15 is 0 Å². The summed E-state index contributed by atoms with van der Waals surface area (Å²) in [6.07, 6.45) is 3.30. The van der Waals surface area contributed by atoms with Gasteiger partial charge in [0.2, 0.25) is 11.8 Å². The lowest BCUT2D eigenvalue weighted by molar-refractivity contribution is -0.151. The summed E-state index contributed by atoms with van der Waals surface area (Å²) in [5.41, 5.74) is 1.21. The van der Waals surface area contributed by atoms with E-state index in [1.54, 1.807) is 54.9 Å². The summed E-state index contributed by atoms with van der Waals surface area (Å²) in [5, 5.41) is 14.8. The first-order valence-corrected chi connectivity index (χ1v) is 12.8. The molecule has 2 aromatic carbocycles. The van der Waals surface area contributed by atoms with Crippen molar-refractivity contribution in [2.24, 2.45) is 11.8 Å². The molecule has 0 radical (unpaired) electrons. The molecule has 3 N–H and O–H groups in total. The number of rotatable bonds is 7. The summed E-state index contributed by atoms with van der Waals surface area (Å²) in [5.74, 6) is -4.89. The number of fused-ring (bicyclic) bond motifs is 2. The second-order valence-corrected chi connectivity index (χ2v) is 10.1. The number of para-hydroxylation sites is 1. The number of nitrogens with zero attached hydrogens (tertiary/aromatic N) is 2. The second-order valence-electron chi connectivity index (χ2n) is 10.1. The van der Waals surface area contributed by atoms with Crippen LogP contribution in [-0.4, -0.2) is 56.4 Å². The molecule has 4 unspecified atom stereocenters. The number of pyridine rings is 1. The molecule has 202 valence electrons. The number of carboxylic acids is 1. The number of benzene rings is 2. The van der Waals surface area contributed by atoms with Crippen LogP contribution in [0.3, 0.4) is 0 Å². The number of aromatic nitrogens is 2. The highest BCUT2D eigenvalue weighted by molar-refractivity contribution is 6.09. The molecule has 4 heterocycles. The van der Waals surface area contributed by atoms with E-state index in [0.29, 0.717) is 16.8 Å². The number of carbonyl (C=O) groups is 4. The highest BCUT2D eigenvalue weighted by Gasteiger charge is 2.68. The van der Waals surface area contributed by atoms with Gasteiger partial charge in [0, 0.05) is 35.8 Å². The minimum absolute atomic E-state index is 0.0271. The molecular formula is C30H26N4O6. The number of methoxy groups -OCH3 is 1. The van der Waals surface area contributed by atoms with E-state index in [1.165, 1.54) is 7.11 Å². The van der Waals surface area contributed by atoms with Gasteiger partial charge in [-0.1, -0.05) is 36.4 Å². The molecule has 0 spiro atoms. The zero-order valence-electron chi connectivity index (χ0n) is 21.5. The van der Waals surface area contributed by atoms with Gasteiger partial charge in [-0.3, -0.25) is 29.6 Å². The molecule has 10 heteroatoms. The van der Waals surface area contributed by atoms with Crippen LogP contribution in [0.4, 0.5) is 0 Å². The van der Waals surface area contributed by atoms with Crippen LogP contribution in [-0.2, 0) is 32.1 Å². The summed E-state index contributed by atoms with van der Waals surface area (Å²) in [6, 6.07) is 18.4. The first kappa shape index (κ1) is 25.4. The number of nitrogens with one attached hydrogen (secondary N) is 2. The van der Waals surface area contributed by atoms with Crippen molar-refractivity contribution in [1.82, 2.24) is 20.2 Å². The van der Waals surface area contributed by atoms with E-state index in [2.05, 4.69) is 15.3 Å². The lowest BCUT2D eigenvalue weighted by atomic mass is 9.76. The molecule has 2 aliphatic rings. The molecule has 6 rings (SSSR count). The molecule has 2 aliphatic heterocycles. The topological polar surface area (TPSA) is 142 Å². The number of ether oxygens (including phenoxy) is 1. The van der Waals surface area contributed by atoms with E-state index in [-0.39, 0.29) is 13.0 Å². The maximum atomic E-state index is 14.0. The Balaban J connectivity index is 1.45. The van der Waals surface area contributed by atoms with E-state index in [1.807, 2.05) is 24.3 Å². The Labute approximate surface area is 229 Å². The summed E-state index contributed by atoms with van der Waals surface area (Å²) in [7, 11) is 1.28. The van der Waals surface area contributed by atoms with E-state index in [4.69, 9.17) is 4.74 Å². The van der Waals surface area contributed by atoms with Crippen molar-refractivity contribution in [2.45, 2.75) is 24.5 Å². The zero-order chi connectivity index (χ0) is 28.0. The third kappa shape index (κ3) is 3.95. The molecule has 4 aromatic rings. The third-order valence-corrected chi connectivity index (χ3v) is 8.01. The standard InChI is InChI=1S/C30H26N4O6/c1-40-28(37)18-11-9-17(10-12-18)25-23-24(27(36)34(26(23)35)16-20-6-4-5-13-31-20)30(33-25,29(38)39)14-19-15-32-22-8-3-2-7-21(19)22/h2-13,15,23-25,32-33H,14,16H2,1H3,(H,38,39). The fourth-order valence-electron chi connectivity index (χ4n) is 6.12. The Bertz CT molecular complexity index is 1630. The van der Waals surface area contributed by atoms with Gasteiger partial charge in [-0.15, -0.1) is 0 Å². The van der Waals surface area contributed by atoms with Gasteiger partial charge in [-0.25, -0.2) is 4.79 Å². The number of carboxylic acid groups (broad SMARTS) is 1. The minimum Gasteiger partial charge on any atom is -0.480 e. The highest BCUT2D eigenvalue weighted by atomic mass is 16.5. The number of aliphatic carboxylic acids is 1. The lowest BCUT2D eigenvalue weighted by Gasteiger charge is -2.31. The van der Waals surface area contributed by atoms with Crippen LogP contribution < -0.4 is 5.32 Å². The Morgan fingerprint density at radius 1 is 1.02 bits per heavy atom. The number of esters is 1. The van der Waals surface area contributed by atoms with Gasteiger partial charge in [-0.05, 0) is 41.5 Å². The van der Waals surface area contributed by atoms with Crippen molar-refractivity contribution in [3.8, 4) is 0 Å². The van der Waals surface area contributed by atoms with Crippen LogP contribution in [0.15, 0.2) is 79.1 Å². The molecule has 2 fully saturated rings. The first-order chi connectivity index (χ1) is 19.3. The molecule has 2 amide bonds. The Morgan fingerprint density at radius 3 is 2.48 bits per heavy atom. The number of hydrogen-bond donors (Lipinski definition) is 3. The number of likely N-dealkylation sites (tertiary alicyclic amines) is 1. The largest absolute Gasteiger partial charge is 0.480 e. The molecule has 10 nitrogen and oxygen atoms in total. The van der Waals surface area contributed by atoms with Crippen molar-refractivity contribution >= 4 is 34.7 Å². The number of aromatic amines is 1. The van der Waals surface area contributed by atoms with Crippen LogP contribution in [0.1, 0.15) is 33.2 Å². The van der Waals surface area contributed by atoms with Gasteiger partial charge in [0.25, 0.3) is 0 Å². The van der Waals surface area contributed by atoms with Crippen LogP contribution in [0.5, 0.6) is 0 Å². The Kier molecular flexibility index (Phi) is 6.19. The smallest absolute Gasteiger partial charge is 0.337 e. The van der Waals surface area contributed by atoms with Crippen molar-refractivity contribution in [1.29, 1.82) is 0 Å². The van der Waals surface area contributed by atoms with Gasteiger partial charge in [-0.2, -0.15) is 0 Å². The summed E-state index contributed by atoms with van der Waals surface area (Å²) < 4.78 is 4.78. The van der Waals surface area contributed by atoms with Gasteiger partial charge < -0.3 is 14.8 Å². The monoisotopic (exact) mass is 538 g/mol. The molecule has 4 atom stereocenters. The molecule has 0 bridgehead atoms. The Morgan fingerprint density at radius 2 is 1.77 bits per heavy atom. The molecule has 0 saturated carbocycles. The predicted molar refractivity (Wildman–Crippen MR) is 143 cm³/mol. The molecule has 2 saturated heterocycles. The van der Waals surface area contributed by atoms with Gasteiger partial charge >= 0.3 is 11.9 Å². The van der Waals surface area contributed by atoms with Crippen molar-refractivity contribution < 1.29 is 29.0 Å². The average Bonchev–Trinajstić information content (AvgIpc) is 3.62. The predicted octanol–water partition coefficient (Wildman–Crippen LogP) is 2.86. The molecule has 2 aromatic heterocycles. The quantitative estimate of drug-likeness (QED) is 0.241. The van der Waals surface area contributed by atoms with Crippen molar-refractivity contribution in [3.63, 3.8) is 0 Å². The third-order valence-electron chi connectivity index (χ3n) is 8.01. The fraction of sp³-hybridized carbons (Fsp3) is 0.233. The Hall–Kier alpha value is -4.83. The number of amides is 2. The molecule has 0 aliphatic carbocycles. The van der Waals surface area contributed by atoms with Crippen LogP contribution >= 0.6 is 0 Å². The van der Waals surface area contributed by atoms with Gasteiger partial charge in [0.1, 0.15) is 5.54 Å². The maximum absolute atomic E-state index is 14.0. The maximum Gasteiger partial charge on any atom is 0.337 e. The average molecular weight is 539 g/mol. The van der Waals surface area contributed by atoms with Gasteiger partial charge in [0.15, 0.2) is 0 Å². The number of hydrogen-bond acceptors (Lipinski definition) is 7. The zero-order valence-corrected chi connectivity index (χ0v) is 21.5. The number of carbonyl (C=O) groups excluding carboxylic acids is 3. The first-order valence-electron chi connectivity index (χ1n) is 12.8. The highest BCUT2D eigenvalue weighted by Crippen LogP contribution is 2.50. The van der Waals surface area contributed by atoms with Crippen LogP contribution in [0.25, 0.3) is 10.9 Å². The summed E-state index contributed by atoms with van der Waals surface area (Å²) in [6.45, 7) is -0.0533. The lowest BCUT2D eigenvalue weighted by Crippen LogP contribution is -2.57. The van der Waals surface area contributed by atoms with Crippen LogP contribution in [0.2, 0.25) is 0 Å². The molecular weight excluding hydrogens is 512 g/mol. The normalized spacial score (nSPS) is 23.9. The van der Waals surface area contributed by atoms with Gasteiger partial charge in [0.05, 0.1) is 36.7 Å². The summed E-state index contributed by atoms with van der Waals surface area (Å²) >= 11 is 0. The number of imide groups is 1. The molecule has 40 heavy (non-hydrogen) atoms. The number of H-pyrrole nitrogens is 1.